The highest BCUT2D eigenvalue weighted by Crippen LogP contribution is 2.29. The Hall–Kier alpha value is -3.32. The Morgan fingerprint density at radius 3 is 1.49 bits per heavy atom. The van der Waals surface area contributed by atoms with Crippen molar-refractivity contribution in [3.63, 3.8) is 0 Å². The van der Waals surface area contributed by atoms with Gasteiger partial charge in [-0.05, 0) is 35.2 Å². The maximum atomic E-state index is 6.85. The van der Waals surface area contributed by atoms with Gasteiger partial charge in [-0.1, -0.05) is 135 Å². The Kier molecular flexibility index (Phi) is 12.4. The third kappa shape index (κ3) is 9.59. The Bertz CT molecular complexity index is 1290. The molecule has 1 aliphatic heterocycles. The summed E-state index contributed by atoms with van der Waals surface area (Å²) in [6.45, 7) is 6.59. The van der Waals surface area contributed by atoms with Gasteiger partial charge in [0.1, 0.15) is 12.2 Å². The monoisotopic (exact) mass is 579 g/mol. The highest BCUT2D eigenvalue weighted by molar-refractivity contribution is 5.16. The van der Waals surface area contributed by atoms with Gasteiger partial charge in [-0.25, -0.2) is 0 Å². The third-order valence-corrected chi connectivity index (χ3v) is 8.03. The van der Waals surface area contributed by atoms with E-state index in [-0.39, 0.29) is 24.4 Å². The highest BCUT2D eigenvalue weighted by Gasteiger charge is 2.46. The molecule has 4 aromatic rings. The number of hydrogen-bond acceptors (Lipinski definition) is 5. The van der Waals surface area contributed by atoms with Crippen LogP contribution < -0.4 is 0 Å². The van der Waals surface area contributed by atoms with E-state index >= 15 is 0 Å². The molecule has 0 spiro atoms. The van der Waals surface area contributed by atoms with E-state index in [0.29, 0.717) is 33.0 Å². The predicted molar refractivity (Wildman–Crippen MR) is 171 cm³/mol. The van der Waals surface area contributed by atoms with Crippen LogP contribution in [0.4, 0.5) is 0 Å². The molecule has 4 aromatic carbocycles. The van der Waals surface area contributed by atoms with Crippen molar-refractivity contribution in [2.24, 2.45) is 0 Å². The number of unbranched alkanes of at least 4 members (excludes halogenated alkanes) is 1. The predicted octanol–water partition coefficient (Wildman–Crippen LogP) is 7.44. The van der Waals surface area contributed by atoms with Gasteiger partial charge in [-0.3, -0.25) is 4.90 Å². The summed E-state index contributed by atoms with van der Waals surface area (Å²) in [5.41, 5.74) is 4.60. The summed E-state index contributed by atoms with van der Waals surface area (Å²) in [5.74, 6) is 0. The fourth-order valence-electron chi connectivity index (χ4n) is 5.67. The number of benzene rings is 4. The van der Waals surface area contributed by atoms with Crippen molar-refractivity contribution in [3.8, 4) is 0 Å². The van der Waals surface area contributed by atoms with E-state index in [0.717, 1.165) is 42.6 Å². The van der Waals surface area contributed by atoms with Crippen LogP contribution in [-0.4, -0.2) is 49.0 Å². The Labute approximate surface area is 257 Å². The lowest BCUT2D eigenvalue weighted by Crippen LogP contribution is -2.64. The topological polar surface area (TPSA) is 40.2 Å². The van der Waals surface area contributed by atoms with Gasteiger partial charge in [-0.15, -0.1) is 0 Å². The number of rotatable bonds is 16. The fraction of sp³-hybridized carbons (Fsp3) is 0.368. The van der Waals surface area contributed by atoms with Crippen molar-refractivity contribution in [1.82, 2.24) is 4.90 Å². The van der Waals surface area contributed by atoms with Gasteiger partial charge in [0.05, 0.1) is 45.2 Å². The molecule has 1 aliphatic rings. The van der Waals surface area contributed by atoms with E-state index in [1.54, 1.807) is 0 Å². The number of ether oxygens (including phenoxy) is 4. The summed E-state index contributed by atoms with van der Waals surface area (Å²) < 4.78 is 26.7. The second-order valence-electron chi connectivity index (χ2n) is 11.3. The quantitative estimate of drug-likeness (QED) is 0.138. The van der Waals surface area contributed by atoms with Crippen LogP contribution in [0, 0.1) is 0 Å². The molecule has 0 radical (unpaired) electrons. The van der Waals surface area contributed by atoms with Gasteiger partial charge in [0.25, 0.3) is 0 Å². The second-order valence-corrected chi connectivity index (χ2v) is 11.3. The van der Waals surface area contributed by atoms with Crippen LogP contribution in [0.2, 0.25) is 0 Å². The van der Waals surface area contributed by atoms with Crippen molar-refractivity contribution in [2.45, 2.75) is 70.5 Å². The summed E-state index contributed by atoms with van der Waals surface area (Å²) in [7, 11) is 0. The van der Waals surface area contributed by atoms with Crippen LogP contribution in [0.15, 0.2) is 121 Å². The molecule has 0 amide bonds. The van der Waals surface area contributed by atoms with Crippen molar-refractivity contribution in [1.29, 1.82) is 0 Å². The summed E-state index contributed by atoms with van der Waals surface area (Å²) in [5, 5.41) is 0. The molecule has 43 heavy (non-hydrogen) atoms. The third-order valence-electron chi connectivity index (χ3n) is 8.03. The van der Waals surface area contributed by atoms with E-state index < -0.39 is 0 Å². The number of likely N-dealkylation sites (tertiary alicyclic amines) is 1. The molecule has 226 valence electrons. The first-order valence-corrected chi connectivity index (χ1v) is 15.6. The van der Waals surface area contributed by atoms with E-state index in [1.165, 1.54) is 5.56 Å². The van der Waals surface area contributed by atoms with Crippen LogP contribution >= 0.6 is 0 Å². The molecule has 0 unspecified atom stereocenters. The van der Waals surface area contributed by atoms with Crippen LogP contribution in [0.1, 0.15) is 42.0 Å². The van der Waals surface area contributed by atoms with Crippen molar-refractivity contribution in [3.05, 3.63) is 144 Å². The van der Waals surface area contributed by atoms with Gasteiger partial charge < -0.3 is 18.9 Å². The molecule has 0 bridgehead atoms. The maximum Gasteiger partial charge on any atom is 0.113 e. The number of nitrogens with zero attached hydrogens (tertiary/aromatic N) is 1. The van der Waals surface area contributed by atoms with Crippen molar-refractivity contribution in [2.75, 3.05) is 19.7 Å². The normalized spacial score (nSPS) is 20.7. The molecule has 0 aromatic heterocycles. The molecule has 5 rings (SSSR count). The minimum absolute atomic E-state index is 0.0244. The molecular formula is C38H45NO4. The number of piperidine rings is 1. The van der Waals surface area contributed by atoms with Crippen LogP contribution in [-0.2, 0) is 45.4 Å². The average Bonchev–Trinajstić information content (AvgIpc) is 3.07. The van der Waals surface area contributed by atoms with Crippen LogP contribution in [0.3, 0.4) is 0 Å². The van der Waals surface area contributed by atoms with E-state index in [1.807, 2.05) is 24.3 Å². The van der Waals surface area contributed by atoms with Gasteiger partial charge in [0, 0.05) is 6.54 Å². The standard InChI is InChI=1S/C38H45NO4/c1-2-3-24-39-25-36(41-27-32-18-10-5-11-19-32)38(43-29-34-22-14-7-15-23-34)37(42-28-33-20-12-6-13-21-33)35(39)30-40-26-31-16-8-4-9-17-31/h4-23,35-38H,2-3,24-30H2,1H3/t35-,36+,37-,38-/m0/s1. The molecule has 0 N–H and O–H groups in total. The van der Waals surface area contributed by atoms with Crippen LogP contribution in [0.5, 0.6) is 0 Å². The molecule has 0 aliphatic carbocycles. The average molecular weight is 580 g/mol. The molecule has 4 atom stereocenters. The van der Waals surface area contributed by atoms with E-state index in [4.69, 9.17) is 18.9 Å². The maximum absolute atomic E-state index is 6.85. The van der Waals surface area contributed by atoms with E-state index in [2.05, 4.69) is 109 Å². The van der Waals surface area contributed by atoms with E-state index in [9.17, 15) is 0 Å². The smallest absolute Gasteiger partial charge is 0.113 e. The largest absolute Gasteiger partial charge is 0.375 e. The van der Waals surface area contributed by atoms with Gasteiger partial charge in [0.15, 0.2) is 0 Å². The molecule has 5 heteroatoms. The summed E-state index contributed by atoms with van der Waals surface area (Å²) in [4.78, 5) is 2.52. The second kappa shape index (κ2) is 17.1. The minimum atomic E-state index is -0.268. The highest BCUT2D eigenvalue weighted by atomic mass is 16.6. The zero-order valence-corrected chi connectivity index (χ0v) is 25.3. The van der Waals surface area contributed by atoms with Gasteiger partial charge in [-0.2, -0.15) is 0 Å². The lowest BCUT2D eigenvalue weighted by atomic mass is 9.92. The lowest BCUT2D eigenvalue weighted by molar-refractivity contribution is -0.210. The minimum Gasteiger partial charge on any atom is -0.375 e. The molecule has 0 saturated carbocycles. The molecule has 5 nitrogen and oxygen atoms in total. The Balaban J connectivity index is 1.41. The van der Waals surface area contributed by atoms with Crippen molar-refractivity contribution >= 4 is 0 Å². The first-order chi connectivity index (χ1) is 21.3. The Morgan fingerprint density at radius 2 is 1.00 bits per heavy atom. The fourth-order valence-corrected chi connectivity index (χ4v) is 5.67. The Morgan fingerprint density at radius 1 is 0.558 bits per heavy atom. The van der Waals surface area contributed by atoms with Crippen LogP contribution in [0.25, 0.3) is 0 Å². The number of hydrogen-bond donors (Lipinski definition) is 0. The zero-order chi connectivity index (χ0) is 29.5. The molecule has 1 heterocycles. The SMILES string of the molecule is CCCCN1C[C@@H](OCc2ccccc2)[C@H](OCc2ccccc2)[C@@H](OCc2ccccc2)[C@@H]1COCc1ccccc1. The zero-order valence-electron chi connectivity index (χ0n) is 25.3. The summed E-state index contributed by atoms with van der Waals surface area (Å²) in [6, 6.07) is 41.5. The lowest BCUT2D eigenvalue weighted by Gasteiger charge is -2.48. The first kappa shape index (κ1) is 31.1. The summed E-state index contributed by atoms with van der Waals surface area (Å²) >= 11 is 0. The summed E-state index contributed by atoms with van der Waals surface area (Å²) in [6.07, 6.45) is 1.54. The van der Waals surface area contributed by atoms with Crippen molar-refractivity contribution < 1.29 is 18.9 Å². The van der Waals surface area contributed by atoms with Gasteiger partial charge in [0.2, 0.25) is 0 Å². The molecule has 1 fully saturated rings. The first-order valence-electron chi connectivity index (χ1n) is 15.6. The molecular weight excluding hydrogens is 534 g/mol. The van der Waals surface area contributed by atoms with Gasteiger partial charge >= 0.3 is 0 Å². The molecule has 1 saturated heterocycles.